The lowest BCUT2D eigenvalue weighted by atomic mass is 10.1. The Labute approximate surface area is 134 Å². The number of hydrogen-bond donors (Lipinski definition) is 0. The number of amides is 1. The van der Waals surface area contributed by atoms with Crippen molar-refractivity contribution in [3.8, 4) is 5.75 Å². The van der Waals surface area contributed by atoms with E-state index in [1.165, 1.54) is 6.07 Å². The third-order valence-electron chi connectivity index (χ3n) is 4.19. The van der Waals surface area contributed by atoms with Gasteiger partial charge in [0.15, 0.2) is 0 Å². The van der Waals surface area contributed by atoms with Crippen LogP contribution in [0.2, 0.25) is 0 Å². The maximum atomic E-state index is 12.4. The molecule has 1 aliphatic rings. The summed E-state index contributed by atoms with van der Waals surface area (Å²) in [7, 11) is 1.72. The van der Waals surface area contributed by atoms with E-state index >= 15 is 0 Å². The topological polar surface area (TPSA) is 64.7 Å². The second-order valence-electron chi connectivity index (χ2n) is 6.01. The minimum atomic E-state index is -0.100. The molecule has 1 saturated heterocycles. The predicted octanol–water partition coefficient (Wildman–Crippen LogP) is 1.81. The molecule has 0 unspecified atom stereocenters. The number of carbonyl (C=O) groups excluding carboxylic acids is 1. The molecule has 23 heavy (non-hydrogen) atoms. The monoisotopic (exact) mass is 316 g/mol. The zero-order chi connectivity index (χ0) is 16.7. The number of nitrogens with zero attached hydrogens (tertiary/aromatic N) is 2. The van der Waals surface area contributed by atoms with Crippen molar-refractivity contribution in [3.63, 3.8) is 0 Å². The zero-order valence-electron chi connectivity index (χ0n) is 13.8. The van der Waals surface area contributed by atoms with Crippen LogP contribution < -0.4 is 10.3 Å². The summed E-state index contributed by atoms with van der Waals surface area (Å²) in [5.74, 6) is 1.88. The molecule has 1 fully saturated rings. The fraction of sp³-hybridized carbons (Fsp3) is 0.412. The van der Waals surface area contributed by atoms with E-state index in [-0.39, 0.29) is 17.6 Å². The summed E-state index contributed by atoms with van der Waals surface area (Å²) in [6.45, 7) is 6.49. The predicted molar refractivity (Wildman–Crippen MR) is 84.9 cm³/mol. The summed E-state index contributed by atoms with van der Waals surface area (Å²) in [6.07, 6.45) is -0.0845. The summed E-state index contributed by atoms with van der Waals surface area (Å²) < 4.78 is 12.7. The molecule has 0 aromatic carbocycles. The van der Waals surface area contributed by atoms with E-state index in [1.54, 1.807) is 29.5 Å². The highest BCUT2D eigenvalue weighted by atomic mass is 16.5. The third-order valence-corrected chi connectivity index (χ3v) is 4.19. The first-order chi connectivity index (χ1) is 10.8. The Morgan fingerprint density at radius 3 is 2.48 bits per heavy atom. The van der Waals surface area contributed by atoms with E-state index in [0.717, 1.165) is 11.5 Å². The normalized spacial score (nSPS) is 14.7. The molecule has 6 heteroatoms. The van der Waals surface area contributed by atoms with Crippen LogP contribution in [0.5, 0.6) is 5.75 Å². The van der Waals surface area contributed by atoms with Gasteiger partial charge in [0.25, 0.3) is 11.5 Å². The van der Waals surface area contributed by atoms with Crippen LogP contribution in [0.4, 0.5) is 0 Å². The van der Waals surface area contributed by atoms with Crippen molar-refractivity contribution in [1.82, 2.24) is 9.47 Å². The van der Waals surface area contributed by atoms with Gasteiger partial charge in [-0.2, -0.15) is 0 Å². The van der Waals surface area contributed by atoms with E-state index in [9.17, 15) is 9.59 Å². The molecule has 3 heterocycles. The number of ether oxygens (including phenoxy) is 1. The Bertz CT molecular complexity index is 812. The number of likely N-dealkylation sites (tertiary alicyclic amines) is 1. The molecule has 0 bridgehead atoms. The molecule has 0 radical (unpaired) electrons. The van der Waals surface area contributed by atoms with Gasteiger partial charge in [-0.05, 0) is 32.9 Å². The van der Waals surface area contributed by atoms with Crippen LogP contribution in [0.3, 0.4) is 0 Å². The summed E-state index contributed by atoms with van der Waals surface area (Å²) in [5.41, 5.74) is 1.34. The van der Waals surface area contributed by atoms with Gasteiger partial charge in [0.05, 0.1) is 18.7 Å². The summed E-state index contributed by atoms with van der Waals surface area (Å²) in [6, 6.07) is 5.06. The van der Waals surface area contributed by atoms with Gasteiger partial charge in [-0.25, -0.2) is 0 Å². The standard InChI is InChI=1S/C17H20N2O4/c1-10-5-13(7-16(20)18(10)4)23-14-8-19(9-14)17(21)15-6-11(2)22-12(15)3/h5-7,14H,8-9H2,1-4H3. The number of furan rings is 1. The van der Waals surface area contributed by atoms with Gasteiger partial charge in [-0.1, -0.05) is 0 Å². The molecular weight excluding hydrogens is 296 g/mol. The maximum Gasteiger partial charge on any atom is 0.257 e. The maximum absolute atomic E-state index is 12.4. The zero-order valence-corrected chi connectivity index (χ0v) is 13.8. The number of hydrogen-bond acceptors (Lipinski definition) is 4. The summed E-state index contributed by atoms with van der Waals surface area (Å²) in [5, 5.41) is 0. The largest absolute Gasteiger partial charge is 0.486 e. The van der Waals surface area contributed by atoms with Gasteiger partial charge in [0, 0.05) is 18.8 Å². The number of aromatic nitrogens is 1. The molecule has 1 aliphatic heterocycles. The Morgan fingerprint density at radius 1 is 1.22 bits per heavy atom. The molecule has 0 spiro atoms. The minimum absolute atomic E-state index is 0.0423. The Kier molecular flexibility index (Phi) is 3.75. The third kappa shape index (κ3) is 2.88. The van der Waals surface area contributed by atoms with Crippen LogP contribution in [-0.2, 0) is 7.05 Å². The van der Waals surface area contributed by atoms with Crippen LogP contribution in [-0.4, -0.2) is 34.6 Å². The first-order valence-electron chi connectivity index (χ1n) is 7.56. The summed E-state index contributed by atoms with van der Waals surface area (Å²) in [4.78, 5) is 25.8. The Balaban J connectivity index is 1.62. The molecule has 1 amide bonds. The lowest BCUT2D eigenvalue weighted by Gasteiger charge is -2.38. The molecule has 3 rings (SSSR count). The van der Waals surface area contributed by atoms with Gasteiger partial charge in [0.1, 0.15) is 23.4 Å². The van der Waals surface area contributed by atoms with E-state index in [4.69, 9.17) is 9.15 Å². The SMILES string of the molecule is Cc1cc(C(=O)N2CC(Oc3cc(C)n(C)c(=O)c3)C2)c(C)o1. The molecule has 0 aliphatic carbocycles. The molecule has 0 N–H and O–H groups in total. The molecule has 2 aromatic rings. The number of aryl methyl sites for hydroxylation is 3. The second kappa shape index (κ2) is 5.61. The van der Waals surface area contributed by atoms with Crippen molar-refractivity contribution in [2.75, 3.05) is 13.1 Å². The van der Waals surface area contributed by atoms with Gasteiger partial charge in [-0.15, -0.1) is 0 Å². The second-order valence-corrected chi connectivity index (χ2v) is 6.01. The van der Waals surface area contributed by atoms with Crippen LogP contribution in [0.25, 0.3) is 0 Å². The molecule has 0 atom stereocenters. The smallest absolute Gasteiger partial charge is 0.257 e. The van der Waals surface area contributed by atoms with Crippen molar-refractivity contribution in [3.05, 3.63) is 51.3 Å². The average molecular weight is 316 g/mol. The average Bonchev–Trinajstić information content (AvgIpc) is 2.77. The highest BCUT2D eigenvalue weighted by molar-refractivity contribution is 5.95. The van der Waals surface area contributed by atoms with Crippen molar-refractivity contribution in [2.45, 2.75) is 26.9 Å². The lowest BCUT2D eigenvalue weighted by Crippen LogP contribution is -2.56. The van der Waals surface area contributed by atoms with Crippen molar-refractivity contribution >= 4 is 5.91 Å². The molecule has 2 aromatic heterocycles. The lowest BCUT2D eigenvalue weighted by molar-refractivity contribution is 0.0175. The highest BCUT2D eigenvalue weighted by Crippen LogP contribution is 2.22. The Morgan fingerprint density at radius 2 is 1.91 bits per heavy atom. The van der Waals surface area contributed by atoms with E-state index in [1.807, 2.05) is 19.9 Å². The molecule has 122 valence electrons. The van der Waals surface area contributed by atoms with Gasteiger partial charge in [-0.3, -0.25) is 9.59 Å². The van der Waals surface area contributed by atoms with Crippen LogP contribution >= 0.6 is 0 Å². The number of carbonyl (C=O) groups is 1. The van der Waals surface area contributed by atoms with Crippen LogP contribution in [0.1, 0.15) is 27.6 Å². The number of rotatable bonds is 3. The number of pyridine rings is 1. The van der Waals surface area contributed by atoms with E-state index in [0.29, 0.717) is 30.2 Å². The summed E-state index contributed by atoms with van der Waals surface area (Å²) >= 11 is 0. The van der Waals surface area contributed by atoms with Crippen molar-refractivity contribution in [2.24, 2.45) is 7.05 Å². The quantitative estimate of drug-likeness (QED) is 0.866. The van der Waals surface area contributed by atoms with Crippen LogP contribution in [0.15, 0.2) is 27.4 Å². The first-order valence-corrected chi connectivity index (χ1v) is 7.56. The first kappa shape index (κ1) is 15.4. The van der Waals surface area contributed by atoms with Crippen molar-refractivity contribution in [1.29, 1.82) is 0 Å². The van der Waals surface area contributed by atoms with Gasteiger partial charge in [0.2, 0.25) is 0 Å². The fourth-order valence-corrected chi connectivity index (χ4v) is 2.69. The van der Waals surface area contributed by atoms with E-state index < -0.39 is 0 Å². The highest BCUT2D eigenvalue weighted by Gasteiger charge is 2.34. The van der Waals surface area contributed by atoms with Gasteiger partial charge < -0.3 is 18.6 Å². The molecule has 0 saturated carbocycles. The van der Waals surface area contributed by atoms with Gasteiger partial charge >= 0.3 is 0 Å². The van der Waals surface area contributed by atoms with E-state index in [2.05, 4.69) is 0 Å². The van der Waals surface area contributed by atoms with Crippen LogP contribution in [0, 0.1) is 20.8 Å². The molecule has 6 nitrogen and oxygen atoms in total. The fourth-order valence-electron chi connectivity index (χ4n) is 2.69. The minimum Gasteiger partial charge on any atom is -0.486 e. The molecular formula is C17H20N2O4. The van der Waals surface area contributed by atoms with Crippen molar-refractivity contribution < 1.29 is 13.9 Å². The Hall–Kier alpha value is -2.50.